The van der Waals surface area contributed by atoms with E-state index >= 15 is 0 Å². The first kappa shape index (κ1) is 18.5. The molecule has 1 aliphatic rings. The lowest BCUT2D eigenvalue weighted by atomic mass is 10.0. The molecule has 0 bridgehead atoms. The van der Waals surface area contributed by atoms with E-state index < -0.39 is 24.2 Å². The zero-order valence-electron chi connectivity index (χ0n) is 14.9. The van der Waals surface area contributed by atoms with Crippen molar-refractivity contribution in [1.29, 1.82) is 0 Å². The number of furan rings is 1. The van der Waals surface area contributed by atoms with E-state index in [9.17, 15) is 18.0 Å². The van der Waals surface area contributed by atoms with Crippen LogP contribution in [0.4, 0.5) is 24.1 Å². The second-order valence-electron chi connectivity index (χ2n) is 6.48. The van der Waals surface area contributed by atoms with Crippen LogP contribution >= 0.6 is 11.3 Å². The molecule has 0 unspecified atom stereocenters. The maximum Gasteiger partial charge on any atom is 0.410 e. The van der Waals surface area contributed by atoms with Gasteiger partial charge in [-0.05, 0) is 26.0 Å². The minimum Gasteiger partial charge on any atom is -0.467 e. The number of carbonyl (C=O) groups is 1. The molecule has 148 valence electrons. The molecule has 11 heteroatoms. The topological polar surface area (TPSA) is 85.0 Å². The summed E-state index contributed by atoms with van der Waals surface area (Å²) in [7, 11) is 0. The smallest absolute Gasteiger partial charge is 0.410 e. The van der Waals surface area contributed by atoms with Crippen molar-refractivity contribution in [3.8, 4) is 0 Å². The molecule has 4 heterocycles. The number of hydrogen-bond donors (Lipinski definition) is 2. The summed E-state index contributed by atoms with van der Waals surface area (Å²) < 4.78 is 46.9. The highest BCUT2D eigenvalue weighted by molar-refractivity contribution is 7.15. The lowest BCUT2D eigenvalue weighted by Crippen LogP contribution is -2.35. The zero-order valence-corrected chi connectivity index (χ0v) is 15.7. The minimum atomic E-state index is -4.52. The molecule has 0 saturated carbocycles. The molecule has 0 fully saturated rings. The van der Waals surface area contributed by atoms with Crippen LogP contribution in [0.2, 0.25) is 0 Å². The molecule has 3 aromatic heterocycles. The van der Waals surface area contributed by atoms with Crippen molar-refractivity contribution in [3.05, 3.63) is 46.5 Å². The average molecular weight is 411 g/mol. The van der Waals surface area contributed by atoms with Crippen molar-refractivity contribution < 1.29 is 22.4 Å². The Kier molecular flexibility index (Phi) is 4.41. The molecule has 0 saturated heterocycles. The van der Waals surface area contributed by atoms with Crippen LogP contribution in [0.25, 0.3) is 0 Å². The van der Waals surface area contributed by atoms with E-state index in [4.69, 9.17) is 4.42 Å². The van der Waals surface area contributed by atoms with Crippen molar-refractivity contribution in [2.24, 2.45) is 0 Å². The number of halogens is 3. The number of aromatic nitrogens is 3. The van der Waals surface area contributed by atoms with Gasteiger partial charge in [0, 0.05) is 17.4 Å². The summed E-state index contributed by atoms with van der Waals surface area (Å²) in [5.74, 6) is -0.124. The van der Waals surface area contributed by atoms with Gasteiger partial charge in [-0.15, -0.1) is 11.3 Å². The van der Waals surface area contributed by atoms with Crippen LogP contribution in [0.3, 0.4) is 0 Å². The van der Waals surface area contributed by atoms with Gasteiger partial charge in [-0.25, -0.2) is 9.67 Å². The van der Waals surface area contributed by atoms with Gasteiger partial charge >= 0.3 is 6.18 Å². The van der Waals surface area contributed by atoms with E-state index in [-0.39, 0.29) is 17.9 Å². The van der Waals surface area contributed by atoms with Crippen LogP contribution in [-0.4, -0.2) is 26.8 Å². The monoisotopic (exact) mass is 411 g/mol. The Morgan fingerprint density at radius 3 is 2.82 bits per heavy atom. The lowest BCUT2D eigenvalue weighted by molar-refractivity contribution is -0.174. The number of fused-ring (bicyclic) bond motifs is 1. The van der Waals surface area contributed by atoms with E-state index in [1.54, 1.807) is 12.1 Å². The van der Waals surface area contributed by atoms with Gasteiger partial charge in [0.1, 0.15) is 11.6 Å². The van der Waals surface area contributed by atoms with Crippen molar-refractivity contribution in [3.63, 3.8) is 0 Å². The summed E-state index contributed by atoms with van der Waals surface area (Å²) in [5, 5.41) is 9.84. The molecule has 28 heavy (non-hydrogen) atoms. The molecule has 2 N–H and O–H groups in total. The highest BCUT2D eigenvalue weighted by atomic mass is 32.1. The predicted molar refractivity (Wildman–Crippen MR) is 96.5 cm³/mol. The van der Waals surface area contributed by atoms with Gasteiger partial charge in [0.15, 0.2) is 16.9 Å². The summed E-state index contributed by atoms with van der Waals surface area (Å²) >= 11 is 1.29. The van der Waals surface area contributed by atoms with Gasteiger partial charge in [-0.3, -0.25) is 10.1 Å². The van der Waals surface area contributed by atoms with Crippen molar-refractivity contribution in [2.75, 3.05) is 10.6 Å². The lowest BCUT2D eigenvalue weighted by Gasteiger charge is -2.32. The second kappa shape index (κ2) is 6.66. The summed E-state index contributed by atoms with van der Waals surface area (Å²) in [5.41, 5.74) is 0.659. The number of aryl methyl sites for hydroxylation is 2. The largest absolute Gasteiger partial charge is 0.467 e. The van der Waals surface area contributed by atoms with Crippen molar-refractivity contribution in [1.82, 2.24) is 14.8 Å². The number of rotatable bonds is 3. The summed E-state index contributed by atoms with van der Waals surface area (Å²) in [6.45, 7) is 3.67. The number of alkyl halides is 3. The quantitative estimate of drug-likeness (QED) is 0.665. The number of nitrogens with one attached hydrogen (secondary N) is 2. The first-order valence-corrected chi connectivity index (χ1v) is 9.25. The van der Waals surface area contributed by atoms with Gasteiger partial charge in [-0.2, -0.15) is 18.3 Å². The van der Waals surface area contributed by atoms with Crippen LogP contribution < -0.4 is 10.6 Å². The van der Waals surface area contributed by atoms with Crippen LogP contribution in [-0.2, 0) is 0 Å². The minimum absolute atomic E-state index is 0.103. The molecule has 1 aliphatic heterocycles. The molecule has 1 amide bonds. The Morgan fingerprint density at radius 2 is 2.21 bits per heavy atom. The first-order chi connectivity index (χ1) is 13.2. The maximum atomic E-state index is 13.6. The fourth-order valence-electron chi connectivity index (χ4n) is 3.05. The molecule has 0 spiro atoms. The number of hydrogen-bond acceptors (Lipinski definition) is 6. The standard InChI is InChI=1S/C17H16F3N5O2S/c1-8-9(2)28-16(21-8)23-15(26)11-7-14-22-10(12-4-3-5-27-12)6-13(17(18,19)20)25(14)24-11/h3-5,7,10,13,22H,6H2,1-2H3,(H,21,23,26)/t10-,13+/m1/s1. The van der Waals surface area contributed by atoms with Crippen LogP contribution in [0.5, 0.6) is 0 Å². The summed E-state index contributed by atoms with van der Waals surface area (Å²) in [6, 6.07) is 1.98. The SMILES string of the molecule is Cc1nc(NC(=O)c2cc3n(n2)[C@H](C(F)(F)F)C[C@H](c2ccco2)N3)sc1C. The highest BCUT2D eigenvalue weighted by Crippen LogP contribution is 2.43. The fourth-order valence-corrected chi connectivity index (χ4v) is 3.86. The summed E-state index contributed by atoms with van der Waals surface area (Å²) in [6.07, 6.45) is -3.41. The van der Waals surface area contributed by atoms with E-state index in [0.29, 0.717) is 10.9 Å². The third-order valence-corrected chi connectivity index (χ3v) is 5.55. The highest BCUT2D eigenvalue weighted by Gasteiger charge is 2.47. The molecule has 3 aromatic rings. The third kappa shape index (κ3) is 3.37. The second-order valence-corrected chi connectivity index (χ2v) is 7.68. The normalized spacial score (nSPS) is 19.2. The van der Waals surface area contributed by atoms with Gasteiger partial charge in [0.2, 0.25) is 0 Å². The van der Waals surface area contributed by atoms with E-state index in [0.717, 1.165) is 15.3 Å². The van der Waals surface area contributed by atoms with E-state index in [2.05, 4.69) is 20.7 Å². The number of anilines is 2. The number of amides is 1. The van der Waals surface area contributed by atoms with Gasteiger partial charge < -0.3 is 9.73 Å². The Morgan fingerprint density at radius 1 is 1.43 bits per heavy atom. The molecule has 7 nitrogen and oxygen atoms in total. The van der Waals surface area contributed by atoms with Crippen LogP contribution in [0.1, 0.15) is 45.3 Å². The van der Waals surface area contributed by atoms with E-state index in [1.807, 2.05) is 13.8 Å². The van der Waals surface area contributed by atoms with Crippen LogP contribution in [0.15, 0.2) is 28.9 Å². The molecule has 0 aliphatic carbocycles. The van der Waals surface area contributed by atoms with Crippen molar-refractivity contribution >= 4 is 28.2 Å². The molecule has 4 rings (SSSR count). The van der Waals surface area contributed by atoms with Gasteiger partial charge in [0.25, 0.3) is 5.91 Å². The Balaban J connectivity index is 1.63. The molecule has 0 aromatic carbocycles. The molecular weight excluding hydrogens is 395 g/mol. The predicted octanol–water partition coefficient (Wildman–Crippen LogP) is 4.46. The number of nitrogens with zero attached hydrogens (tertiary/aromatic N) is 3. The summed E-state index contributed by atoms with van der Waals surface area (Å²) in [4.78, 5) is 17.6. The zero-order chi connectivity index (χ0) is 20.1. The third-order valence-electron chi connectivity index (χ3n) is 4.56. The van der Waals surface area contributed by atoms with Crippen molar-refractivity contribution in [2.45, 2.75) is 38.5 Å². The Hall–Kier alpha value is -2.82. The Labute approximate surface area is 161 Å². The van der Waals surface area contributed by atoms with E-state index in [1.165, 1.54) is 23.7 Å². The fraction of sp³-hybridized carbons (Fsp3) is 0.353. The van der Waals surface area contributed by atoms with Crippen LogP contribution in [0, 0.1) is 13.8 Å². The molecule has 0 radical (unpaired) electrons. The first-order valence-electron chi connectivity index (χ1n) is 8.44. The molecular formula is C17H16F3N5O2S. The maximum absolute atomic E-state index is 13.6. The molecule has 2 atom stereocenters. The Bertz CT molecular complexity index is 989. The average Bonchev–Trinajstić information content (AvgIpc) is 3.33. The number of thiazole rings is 1. The van der Waals surface area contributed by atoms with Gasteiger partial charge in [0.05, 0.1) is 18.0 Å². The van der Waals surface area contributed by atoms with Gasteiger partial charge in [-0.1, -0.05) is 0 Å². The number of carbonyl (C=O) groups excluding carboxylic acids is 1.